The fraction of sp³-hybridized carbons (Fsp3) is 0.226. The van der Waals surface area contributed by atoms with Gasteiger partial charge in [0, 0.05) is 66.1 Å². The van der Waals surface area contributed by atoms with Crippen molar-refractivity contribution in [2.75, 3.05) is 38.2 Å². The molecule has 0 spiro atoms. The molecule has 1 aliphatic heterocycles. The zero-order valence-corrected chi connectivity index (χ0v) is 21.4. The number of allylic oxidation sites excluding steroid dienone is 1. The van der Waals surface area contributed by atoms with Crippen molar-refractivity contribution in [1.82, 2.24) is 4.90 Å². The van der Waals surface area contributed by atoms with Crippen molar-refractivity contribution >= 4 is 33.9 Å². The first-order valence-electron chi connectivity index (χ1n) is 12.4. The van der Waals surface area contributed by atoms with E-state index in [9.17, 15) is 9.59 Å². The van der Waals surface area contributed by atoms with E-state index in [1.807, 2.05) is 66.4 Å². The van der Waals surface area contributed by atoms with E-state index >= 15 is 0 Å². The standard InChI is InChI=1S/C31H30N2O4/c1-21(17-31(35)33-15-13-32(14-16-33)25-11-9-23(10-12-25)22(2)34)26-18-27-28(24-7-5-4-6-8-24)20-37-30(27)19-29(26)36-3/h4-12,17-20H,13-16H2,1-3H3/b21-17+. The number of rotatable bonds is 6. The first-order chi connectivity index (χ1) is 17.9. The third-order valence-electron chi connectivity index (χ3n) is 6.98. The molecule has 1 amide bonds. The Hall–Kier alpha value is -4.32. The summed E-state index contributed by atoms with van der Waals surface area (Å²) >= 11 is 0. The second kappa shape index (κ2) is 10.3. The molecule has 0 aliphatic carbocycles. The number of Topliss-reactive ketones (excluding diaryl/α,β-unsaturated/α-hetero) is 1. The van der Waals surface area contributed by atoms with Gasteiger partial charge in [-0.2, -0.15) is 0 Å². The maximum atomic E-state index is 13.2. The Morgan fingerprint density at radius 1 is 0.919 bits per heavy atom. The lowest BCUT2D eigenvalue weighted by Gasteiger charge is -2.35. The second-order valence-electron chi connectivity index (χ2n) is 9.31. The number of furan rings is 1. The molecule has 0 atom stereocenters. The molecule has 1 saturated heterocycles. The number of ether oxygens (including phenoxy) is 1. The summed E-state index contributed by atoms with van der Waals surface area (Å²) < 4.78 is 11.5. The highest BCUT2D eigenvalue weighted by Gasteiger charge is 2.21. The summed E-state index contributed by atoms with van der Waals surface area (Å²) in [5, 5.41) is 0.978. The molecule has 188 valence electrons. The number of nitrogens with zero attached hydrogens (tertiary/aromatic N) is 2. The molecular formula is C31H30N2O4. The van der Waals surface area contributed by atoms with Gasteiger partial charge in [-0.25, -0.2) is 0 Å². The molecule has 37 heavy (non-hydrogen) atoms. The Labute approximate surface area is 216 Å². The van der Waals surface area contributed by atoms with E-state index in [1.54, 1.807) is 26.4 Å². The lowest BCUT2D eigenvalue weighted by molar-refractivity contribution is -0.126. The summed E-state index contributed by atoms with van der Waals surface area (Å²) in [7, 11) is 1.63. The minimum atomic E-state index is -0.0123. The van der Waals surface area contributed by atoms with Crippen LogP contribution in [0.1, 0.15) is 29.8 Å². The Morgan fingerprint density at radius 3 is 2.27 bits per heavy atom. The normalized spacial score (nSPS) is 14.2. The number of methoxy groups -OCH3 is 1. The van der Waals surface area contributed by atoms with Gasteiger partial charge < -0.3 is 19.0 Å². The van der Waals surface area contributed by atoms with Crippen molar-refractivity contribution in [3.63, 3.8) is 0 Å². The van der Waals surface area contributed by atoms with E-state index in [-0.39, 0.29) is 11.7 Å². The lowest BCUT2D eigenvalue weighted by Crippen LogP contribution is -2.48. The predicted molar refractivity (Wildman–Crippen MR) is 147 cm³/mol. The van der Waals surface area contributed by atoms with Crippen molar-refractivity contribution in [2.24, 2.45) is 0 Å². The summed E-state index contributed by atoms with van der Waals surface area (Å²) in [5.74, 6) is 0.715. The maximum absolute atomic E-state index is 13.2. The van der Waals surface area contributed by atoms with Gasteiger partial charge in [-0.15, -0.1) is 0 Å². The van der Waals surface area contributed by atoms with Gasteiger partial charge in [0.1, 0.15) is 11.3 Å². The smallest absolute Gasteiger partial charge is 0.246 e. The van der Waals surface area contributed by atoms with Crippen LogP contribution in [0.5, 0.6) is 5.75 Å². The van der Waals surface area contributed by atoms with E-state index < -0.39 is 0 Å². The number of ketones is 1. The number of benzene rings is 3. The van der Waals surface area contributed by atoms with Crippen molar-refractivity contribution in [1.29, 1.82) is 0 Å². The molecule has 4 aromatic rings. The van der Waals surface area contributed by atoms with Crippen LogP contribution in [0.15, 0.2) is 83.5 Å². The minimum absolute atomic E-state index is 0.0123. The molecule has 1 fully saturated rings. The van der Waals surface area contributed by atoms with Crippen LogP contribution in [-0.4, -0.2) is 49.9 Å². The largest absolute Gasteiger partial charge is 0.496 e. The molecule has 6 nitrogen and oxygen atoms in total. The number of amides is 1. The highest BCUT2D eigenvalue weighted by atomic mass is 16.5. The average molecular weight is 495 g/mol. The Balaban J connectivity index is 1.33. The molecule has 3 aromatic carbocycles. The molecule has 1 aliphatic rings. The predicted octanol–water partition coefficient (Wildman–Crippen LogP) is 6.06. The maximum Gasteiger partial charge on any atom is 0.246 e. The summed E-state index contributed by atoms with van der Waals surface area (Å²) in [4.78, 5) is 28.8. The fourth-order valence-corrected chi connectivity index (χ4v) is 4.82. The van der Waals surface area contributed by atoms with Gasteiger partial charge >= 0.3 is 0 Å². The van der Waals surface area contributed by atoms with Crippen molar-refractivity contribution in [3.8, 4) is 16.9 Å². The van der Waals surface area contributed by atoms with Gasteiger partial charge in [0.05, 0.1) is 13.4 Å². The van der Waals surface area contributed by atoms with Crippen LogP contribution in [0, 0.1) is 0 Å². The average Bonchev–Trinajstić information content (AvgIpc) is 3.35. The SMILES string of the molecule is COc1cc2occ(-c3ccccc3)c2cc1/C(C)=C/C(=O)N1CCN(c2ccc(C(C)=O)cc2)CC1. The highest BCUT2D eigenvalue weighted by molar-refractivity contribution is 6.00. The number of anilines is 1. The molecule has 6 heteroatoms. The van der Waals surface area contributed by atoms with Crippen LogP contribution in [0.3, 0.4) is 0 Å². The molecule has 0 bridgehead atoms. The third kappa shape index (κ3) is 5.00. The summed E-state index contributed by atoms with van der Waals surface area (Å²) in [6.45, 7) is 6.25. The zero-order valence-electron chi connectivity index (χ0n) is 21.4. The van der Waals surface area contributed by atoms with Crippen molar-refractivity contribution in [3.05, 3.63) is 90.2 Å². The molecule has 0 saturated carbocycles. The highest BCUT2D eigenvalue weighted by Crippen LogP contribution is 2.37. The van der Waals surface area contributed by atoms with E-state index in [1.165, 1.54) is 0 Å². The monoisotopic (exact) mass is 494 g/mol. The van der Waals surface area contributed by atoms with Crippen molar-refractivity contribution < 1.29 is 18.7 Å². The number of carbonyl (C=O) groups excluding carboxylic acids is 2. The fourth-order valence-electron chi connectivity index (χ4n) is 4.82. The summed E-state index contributed by atoms with van der Waals surface area (Å²) in [5.41, 5.74) is 6.30. The first kappa shape index (κ1) is 24.4. The number of hydrogen-bond acceptors (Lipinski definition) is 5. The van der Waals surface area contributed by atoms with Gasteiger partial charge in [0.15, 0.2) is 5.78 Å². The quantitative estimate of drug-likeness (QED) is 0.241. The minimum Gasteiger partial charge on any atom is -0.496 e. The van der Waals surface area contributed by atoms with E-state index in [0.29, 0.717) is 24.4 Å². The lowest BCUT2D eigenvalue weighted by atomic mass is 9.99. The number of hydrogen-bond donors (Lipinski definition) is 0. The summed E-state index contributed by atoms with van der Waals surface area (Å²) in [6, 6.07) is 21.7. The second-order valence-corrected chi connectivity index (χ2v) is 9.31. The van der Waals surface area contributed by atoms with Crippen LogP contribution >= 0.6 is 0 Å². The Bertz CT molecular complexity index is 1460. The van der Waals surface area contributed by atoms with Crippen LogP contribution < -0.4 is 9.64 Å². The number of fused-ring (bicyclic) bond motifs is 1. The van der Waals surface area contributed by atoms with Crippen molar-refractivity contribution in [2.45, 2.75) is 13.8 Å². The van der Waals surface area contributed by atoms with Gasteiger partial charge in [0.25, 0.3) is 0 Å². The van der Waals surface area contributed by atoms with E-state index in [4.69, 9.17) is 9.15 Å². The Kier molecular flexibility index (Phi) is 6.82. The number of carbonyl (C=O) groups is 2. The molecule has 0 radical (unpaired) electrons. The zero-order chi connectivity index (χ0) is 25.9. The molecule has 5 rings (SSSR count). The number of piperazine rings is 1. The van der Waals surface area contributed by atoms with Gasteiger partial charge in [-0.3, -0.25) is 9.59 Å². The third-order valence-corrected chi connectivity index (χ3v) is 6.98. The molecule has 0 N–H and O–H groups in total. The van der Waals surface area contributed by atoms with Gasteiger partial charge in [0.2, 0.25) is 5.91 Å². The Morgan fingerprint density at radius 2 is 1.62 bits per heavy atom. The molecular weight excluding hydrogens is 464 g/mol. The van der Waals surface area contributed by atoms with Gasteiger partial charge in [-0.1, -0.05) is 30.3 Å². The molecule has 0 unspecified atom stereocenters. The summed E-state index contributed by atoms with van der Waals surface area (Å²) in [6.07, 6.45) is 3.46. The van der Waals surface area contributed by atoms with Crippen LogP contribution in [0.2, 0.25) is 0 Å². The molecule has 1 aromatic heterocycles. The van der Waals surface area contributed by atoms with Crippen LogP contribution in [0.4, 0.5) is 5.69 Å². The van der Waals surface area contributed by atoms with Gasteiger partial charge in [-0.05, 0) is 55.3 Å². The van der Waals surface area contributed by atoms with Crippen LogP contribution in [0.25, 0.3) is 27.7 Å². The van der Waals surface area contributed by atoms with E-state index in [0.717, 1.165) is 52.0 Å². The first-order valence-corrected chi connectivity index (χ1v) is 12.4. The topological polar surface area (TPSA) is 63.0 Å². The van der Waals surface area contributed by atoms with Crippen LogP contribution in [-0.2, 0) is 4.79 Å². The molecule has 2 heterocycles. The van der Waals surface area contributed by atoms with E-state index in [2.05, 4.69) is 17.0 Å².